The maximum atomic E-state index is 14.2. The number of nitrogens with zero attached hydrogens (tertiary/aromatic N) is 15. The number of rotatable bonds is 19. The van der Waals surface area contributed by atoms with Crippen molar-refractivity contribution in [1.29, 1.82) is 0 Å². The van der Waals surface area contributed by atoms with E-state index in [1.54, 1.807) is 40.0 Å². The number of hydrogen-bond donors (Lipinski definition) is 8. The van der Waals surface area contributed by atoms with Crippen LogP contribution in [0, 0.1) is 20.8 Å². The number of alkyl halides is 3. The highest BCUT2D eigenvalue weighted by atomic mass is 32.1. The van der Waals surface area contributed by atoms with Crippen LogP contribution in [0.15, 0.2) is 214 Å². The van der Waals surface area contributed by atoms with Crippen LogP contribution in [0.5, 0.6) is 0 Å². The van der Waals surface area contributed by atoms with Gasteiger partial charge in [-0.3, -0.25) is 33.5 Å². The first-order valence-electron chi connectivity index (χ1n) is 42.6. The van der Waals surface area contributed by atoms with Crippen molar-refractivity contribution >= 4 is 102 Å². The number of piperidine rings is 2. The summed E-state index contributed by atoms with van der Waals surface area (Å²) in [5, 5.41) is 39.5. The summed E-state index contributed by atoms with van der Waals surface area (Å²) < 4.78 is 50.4. The third kappa shape index (κ3) is 19.1. The van der Waals surface area contributed by atoms with Crippen molar-refractivity contribution in [2.45, 2.75) is 102 Å². The zero-order valence-electron chi connectivity index (χ0n) is 69.8. The number of nitrogens with one attached hydrogen (secondary N) is 8. The van der Waals surface area contributed by atoms with Crippen molar-refractivity contribution in [1.82, 2.24) is 90.0 Å². The van der Waals surface area contributed by atoms with Gasteiger partial charge in [-0.25, -0.2) is 24.5 Å². The second-order valence-electron chi connectivity index (χ2n) is 32.3. The minimum atomic E-state index is -4.65. The van der Waals surface area contributed by atoms with Crippen molar-refractivity contribution in [3.63, 3.8) is 0 Å². The summed E-state index contributed by atoms with van der Waals surface area (Å²) in [4.78, 5) is 85.3. The van der Waals surface area contributed by atoms with Gasteiger partial charge in [-0.2, -0.15) is 28.1 Å². The standard InChI is InChI=1S/C36H38N6O.C31H32N8O2S.C27H24F3N9OS/c1-24-21-28(27-15-19-38-20-16-27)9-12-32(24)33-22-29-23-39-36(41-34(29)42(35(33)43)31-5-3-2-4-6-31)40-30-10-7-25(8-11-30)26-13-17-37-18-14-26;1-19-14-27(20-7-11-41-12-8-20)34-18-26(19)25-15-21-16-35-30(38-28(21)39(29(25)40)31-33-10-13-42-31)37-23-4-2-22(3-5-23)36-24-6-9-32-17-24;1-16-10-18(24-37-34-15-41-24)13-32-22(16)21-11-17-12-33-26(36-23(17)39(25(21)40)14-27(28,29)30)35-19-2-4-20(5-3-19)38-8-6-31-7-9-38/h2-12,21-23,26-27,37-38H,13-20H2,1H3,(H,39,40,41);2-5,10,13-16,18,20,24,32,36H,6-9,11-12,17H2,1H3,(H,35,37,38);2-5,10-13,15,31H,6-9,14H2,1H3,(H,33,35,36). The number of fused-ring (bicyclic) bond motifs is 3. The van der Waals surface area contributed by atoms with Gasteiger partial charge >= 0.3 is 6.18 Å². The van der Waals surface area contributed by atoms with Gasteiger partial charge in [-0.05, 0) is 247 Å². The van der Waals surface area contributed by atoms with Gasteiger partial charge in [0.05, 0.1) is 22.5 Å². The van der Waals surface area contributed by atoms with Gasteiger partial charge < -0.3 is 52.2 Å². The van der Waals surface area contributed by atoms with E-state index in [1.807, 2.05) is 116 Å². The summed E-state index contributed by atoms with van der Waals surface area (Å²) in [6.45, 7) is 15.8. The third-order valence-corrected chi connectivity index (χ3v) is 25.3. The third-order valence-electron chi connectivity index (χ3n) is 23.8. The van der Waals surface area contributed by atoms with Gasteiger partial charge in [0.15, 0.2) is 16.4 Å². The van der Waals surface area contributed by atoms with Crippen LogP contribution in [-0.2, 0) is 11.3 Å². The lowest BCUT2D eigenvalue weighted by Crippen LogP contribution is -2.43. The first kappa shape index (κ1) is 83.9. The normalized spacial score (nSPS) is 16.0. The monoisotopic (exact) mass is 1730 g/mol. The number of benzene rings is 5. The molecule has 5 fully saturated rings. The summed E-state index contributed by atoms with van der Waals surface area (Å²) in [6.07, 6.45) is 13.0. The molecule has 20 rings (SSSR count). The maximum Gasteiger partial charge on any atom is 0.406 e. The van der Waals surface area contributed by atoms with Gasteiger partial charge in [0.1, 0.15) is 22.7 Å². The molecule has 8 N–H and O–H groups in total. The second-order valence-corrected chi connectivity index (χ2v) is 34.0. The molecule has 0 radical (unpaired) electrons. The number of para-hydroxylation sites is 1. The molecule has 15 aromatic rings. The SMILES string of the molecule is Cc1cc(-c2nncs2)cnc1-c1cc2cnc(Nc3ccc(N4CCNCC4)cc3)nc2n(CC(F)(F)F)c1=O.Cc1cc(C2CCNCC2)ccc1-c1cc2cnc(Nc3ccc(C4CCNCC4)cc3)nc2n(-c2ccccc2)c1=O.Cc1cc(C2CCOCC2)ncc1-c1cc2cnc(Nc3ccc(NC4CCNC4)cc3)nc2n(-c2nccs2)c1=O. The van der Waals surface area contributed by atoms with E-state index in [2.05, 4.69) is 143 Å². The highest BCUT2D eigenvalue weighted by Gasteiger charge is 2.32. The van der Waals surface area contributed by atoms with Crippen LogP contribution in [0.4, 0.5) is 59.5 Å². The highest BCUT2D eigenvalue weighted by molar-refractivity contribution is 7.12. The topological polar surface area (TPSA) is 316 Å². The van der Waals surface area contributed by atoms with Crippen molar-refractivity contribution in [3.05, 3.63) is 264 Å². The summed E-state index contributed by atoms with van der Waals surface area (Å²) in [5.41, 5.74) is 17.2. The molecule has 0 amide bonds. The Balaban J connectivity index is 0.000000128. The Kier molecular flexibility index (Phi) is 25.2. The van der Waals surface area contributed by atoms with Crippen molar-refractivity contribution in [2.75, 3.05) is 105 Å². The van der Waals surface area contributed by atoms with Crippen molar-refractivity contribution in [3.8, 4) is 54.9 Å². The number of anilines is 8. The van der Waals surface area contributed by atoms with E-state index in [0.29, 0.717) is 89.6 Å². The second kappa shape index (κ2) is 37.9. The zero-order valence-corrected chi connectivity index (χ0v) is 71.4. The van der Waals surface area contributed by atoms with Crippen molar-refractivity contribution < 1.29 is 17.9 Å². The number of aromatic nitrogens is 14. The summed E-state index contributed by atoms with van der Waals surface area (Å²) in [7, 11) is 0. The van der Waals surface area contributed by atoms with Crippen LogP contribution in [-0.4, -0.2) is 160 Å². The minimum Gasteiger partial charge on any atom is -0.381 e. The number of thiazole rings is 1. The average molecular weight is 1730 g/mol. The van der Waals surface area contributed by atoms with Crippen molar-refractivity contribution in [2.24, 2.45) is 0 Å². The predicted molar refractivity (Wildman–Crippen MR) is 492 cm³/mol. The van der Waals surface area contributed by atoms with Crippen LogP contribution in [0.25, 0.3) is 88.0 Å². The van der Waals surface area contributed by atoms with Crippen LogP contribution >= 0.6 is 22.7 Å². The Labute approximate surface area is 732 Å². The molecule has 5 aromatic carbocycles. The first-order valence-corrected chi connectivity index (χ1v) is 44.4. The van der Waals surface area contributed by atoms with Gasteiger partial charge in [0.2, 0.25) is 17.8 Å². The van der Waals surface area contributed by atoms with E-state index in [-0.39, 0.29) is 39.4 Å². The largest absolute Gasteiger partial charge is 0.406 e. The van der Waals surface area contributed by atoms with E-state index in [4.69, 9.17) is 19.7 Å². The van der Waals surface area contributed by atoms with E-state index >= 15 is 0 Å². The molecule has 0 aliphatic carbocycles. The molecule has 27 nitrogen and oxygen atoms in total. The highest BCUT2D eigenvalue weighted by Crippen LogP contribution is 2.37. The van der Waals surface area contributed by atoms with Gasteiger partial charge in [-0.1, -0.05) is 59.9 Å². The summed E-state index contributed by atoms with van der Waals surface area (Å²) in [5.74, 6) is 2.48. The minimum absolute atomic E-state index is 0.0240. The average Bonchev–Trinajstić information content (AvgIpc) is 0.856. The molecular formula is C94H94F3N23O4S2. The Hall–Kier alpha value is -13.0. The van der Waals surface area contributed by atoms with Crippen LogP contribution < -0.4 is 64.1 Å². The molecule has 1 unspecified atom stereocenters. The summed E-state index contributed by atoms with van der Waals surface area (Å²) in [6, 6.07) is 50.3. The number of pyridine rings is 5. The first-order chi connectivity index (χ1) is 61.5. The maximum absolute atomic E-state index is 14.2. The number of piperazine rings is 1. The van der Waals surface area contributed by atoms with E-state index in [0.717, 1.165) is 178 Å². The van der Waals surface area contributed by atoms with Gasteiger partial charge in [0.25, 0.3) is 16.7 Å². The van der Waals surface area contributed by atoms with Gasteiger partial charge in [0, 0.05) is 167 Å². The molecule has 10 aromatic heterocycles. The molecule has 0 saturated carbocycles. The number of hydrogen-bond acceptors (Lipinski definition) is 26. The molecule has 5 aliphatic rings. The lowest BCUT2D eigenvalue weighted by Gasteiger charge is -2.29. The fraction of sp³-hybridized carbons (Fsp3) is 0.298. The molecule has 0 spiro atoms. The fourth-order valence-electron chi connectivity index (χ4n) is 17.2. The van der Waals surface area contributed by atoms with E-state index in [1.165, 1.54) is 65.1 Å². The Morgan fingerprint density at radius 3 is 1.63 bits per heavy atom. The fourth-order valence-corrected chi connectivity index (χ4v) is 18.4. The molecule has 5 saturated heterocycles. The molecule has 1 atom stereocenters. The van der Waals surface area contributed by atoms with E-state index < -0.39 is 18.3 Å². The Bertz CT molecular complexity index is 6560. The molecule has 15 heterocycles. The quantitative estimate of drug-likeness (QED) is 0.0373. The molecule has 32 heteroatoms. The number of ether oxygens (including phenoxy) is 1. The van der Waals surface area contributed by atoms with Crippen LogP contribution in [0.2, 0.25) is 0 Å². The van der Waals surface area contributed by atoms with Crippen LogP contribution in [0.3, 0.4) is 0 Å². The number of aryl methyl sites for hydroxylation is 3. The molecule has 126 heavy (non-hydrogen) atoms. The molecule has 0 bridgehead atoms. The smallest absolute Gasteiger partial charge is 0.381 e. The lowest BCUT2D eigenvalue weighted by atomic mass is 9.87. The van der Waals surface area contributed by atoms with E-state index in [9.17, 15) is 27.6 Å². The molecular weight excluding hydrogens is 1640 g/mol. The summed E-state index contributed by atoms with van der Waals surface area (Å²) >= 11 is 2.72. The number of halogens is 3. The van der Waals surface area contributed by atoms with Crippen LogP contribution in [0.1, 0.15) is 96.2 Å². The lowest BCUT2D eigenvalue weighted by molar-refractivity contribution is -0.140. The zero-order chi connectivity index (χ0) is 86.2. The Morgan fingerprint density at radius 1 is 0.476 bits per heavy atom. The predicted octanol–water partition coefficient (Wildman–Crippen LogP) is 15.8. The molecule has 5 aliphatic heterocycles. The Morgan fingerprint density at radius 2 is 1.04 bits per heavy atom. The molecule has 642 valence electrons. The van der Waals surface area contributed by atoms with Gasteiger partial charge in [-0.15, -0.1) is 21.5 Å².